The van der Waals surface area contributed by atoms with Crippen molar-refractivity contribution in [1.29, 1.82) is 0 Å². The zero-order valence-electron chi connectivity index (χ0n) is 13.0. The van der Waals surface area contributed by atoms with Gasteiger partial charge in [-0.2, -0.15) is 0 Å². The van der Waals surface area contributed by atoms with E-state index < -0.39 is 16.5 Å². The number of carbonyl (C=O) groups excluding carboxylic acids is 1. The van der Waals surface area contributed by atoms with Crippen LogP contribution in [-0.4, -0.2) is 29.6 Å². The molecule has 0 unspecified atom stereocenters. The van der Waals surface area contributed by atoms with Gasteiger partial charge in [0, 0.05) is 24.1 Å². The fourth-order valence-corrected chi connectivity index (χ4v) is 2.76. The van der Waals surface area contributed by atoms with E-state index in [1.165, 1.54) is 24.3 Å². The van der Waals surface area contributed by atoms with Crippen LogP contribution in [0.4, 0.5) is 5.69 Å². The smallest absolute Gasteiger partial charge is 0.349 e. The first-order valence-corrected chi connectivity index (χ1v) is 7.60. The molecule has 3 rings (SSSR count). The van der Waals surface area contributed by atoms with E-state index in [9.17, 15) is 19.7 Å². The predicted molar refractivity (Wildman–Crippen MR) is 85.0 cm³/mol. The maximum atomic E-state index is 12.3. The lowest BCUT2D eigenvalue weighted by Crippen LogP contribution is -2.42. The summed E-state index contributed by atoms with van der Waals surface area (Å²) in [5.41, 5.74) is -0.925. The van der Waals surface area contributed by atoms with Crippen LogP contribution >= 0.6 is 0 Å². The topological polar surface area (TPSA) is 112 Å². The molecule has 1 aromatic carbocycles. The minimum absolute atomic E-state index is 0.0810. The van der Waals surface area contributed by atoms with E-state index in [1.807, 2.05) is 0 Å². The molecule has 2 atom stereocenters. The summed E-state index contributed by atoms with van der Waals surface area (Å²) in [4.78, 5) is 34.6. The number of benzene rings is 1. The van der Waals surface area contributed by atoms with Gasteiger partial charge in [0.15, 0.2) is 0 Å². The highest BCUT2D eigenvalue weighted by molar-refractivity contribution is 5.97. The van der Waals surface area contributed by atoms with E-state index in [2.05, 4.69) is 5.32 Å². The van der Waals surface area contributed by atoms with Crippen LogP contribution in [0, 0.1) is 10.1 Å². The van der Waals surface area contributed by atoms with Crippen molar-refractivity contribution >= 4 is 22.6 Å². The van der Waals surface area contributed by atoms with E-state index >= 15 is 0 Å². The summed E-state index contributed by atoms with van der Waals surface area (Å²) in [5.74, 6) is -0.583. The lowest BCUT2D eigenvalue weighted by Gasteiger charge is -2.19. The van der Waals surface area contributed by atoms with Gasteiger partial charge in [0.1, 0.15) is 11.1 Å². The van der Waals surface area contributed by atoms with Crippen molar-refractivity contribution in [3.05, 3.63) is 50.4 Å². The monoisotopic (exact) mass is 332 g/mol. The zero-order valence-corrected chi connectivity index (χ0v) is 13.0. The molecule has 1 aliphatic heterocycles. The number of rotatable bonds is 4. The molecule has 8 nitrogen and oxygen atoms in total. The molecule has 0 spiro atoms. The molecule has 2 heterocycles. The summed E-state index contributed by atoms with van der Waals surface area (Å²) in [6.07, 6.45) is 1.70. The van der Waals surface area contributed by atoms with E-state index in [4.69, 9.17) is 9.15 Å². The SMILES string of the molecule is C[C@@H](NC(=O)c1cc2cc([N+](=O)[O-])ccc2oc1=O)[C@H]1CCCO1. The molecular weight excluding hydrogens is 316 g/mol. The minimum Gasteiger partial charge on any atom is -0.422 e. The minimum atomic E-state index is -0.784. The van der Waals surface area contributed by atoms with Gasteiger partial charge in [-0.05, 0) is 31.9 Å². The van der Waals surface area contributed by atoms with Crippen LogP contribution in [0.1, 0.15) is 30.1 Å². The van der Waals surface area contributed by atoms with Crippen molar-refractivity contribution in [3.8, 4) is 0 Å². The fourth-order valence-electron chi connectivity index (χ4n) is 2.76. The van der Waals surface area contributed by atoms with Gasteiger partial charge in [-0.3, -0.25) is 14.9 Å². The highest BCUT2D eigenvalue weighted by atomic mass is 16.6. The molecule has 1 fully saturated rings. The maximum Gasteiger partial charge on any atom is 0.349 e. The number of nitrogens with zero attached hydrogens (tertiary/aromatic N) is 1. The zero-order chi connectivity index (χ0) is 17.3. The van der Waals surface area contributed by atoms with Gasteiger partial charge in [0.2, 0.25) is 0 Å². The van der Waals surface area contributed by atoms with Crippen LogP contribution in [0.15, 0.2) is 33.5 Å². The summed E-state index contributed by atoms with van der Waals surface area (Å²) < 4.78 is 10.6. The van der Waals surface area contributed by atoms with Crippen molar-refractivity contribution in [1.82, 2.24) is 5.32 Å². The number of nitro groups is 1. The van der Waals surface area contributed by atoms with Crippen LogP contribution in [-0.2, 0) is 4.74 Å². The third kappa shape index (κ3) is 3.13. The number of hydrogen-bond acceptors (Lipinski definition) is 6. The van der Waals surface area contributed by atoms with Gasteiger partial charge < -0.3 is 14.5 Å². The number of ether oxygens (including phenoxy) is 1. The van der Waals surface area contributed by atoms with Crippen LogP contribution < -0.4 is 10.9 Å². The van der Waals surface area contributed by atoms with E-state index in [0.29, 0.717) is 12.0 Å². The molecule has 24 heavy (non-hydrogen) atoms. The number of nitrogens with one attached hydrogen (secondary N) is 1. The number of carbonyl (C=O) groups is 1. The Kier molecular flexibility index (Phi) is 4.30. The Hall–Kier alpha value is -2.74. The summed E-state index contributed by atoms with van der Waals surface area (Å²) >= 11 is 0. The second-order valence-electron chi connectivity index (χ2n) is 5.74. The number of nitro benzene ring substituents is 1. The van der Waals surface area contributed by atoms with Crippen molar-refractivity contribution in [2.45, 2.75) is 31.9 Å². The number of amides is 1. The van der Waals surface area contributed by atoms with Crippen LogP contribution in [0.2, 0.25) is 0 Å². The van der Waals surface area contributed by atoms with Gasteiger partial charge in [0.05, 0.1) is 17.1 Å². The van der Waals surface area contributed by atoms with Crippen LogP contribution in [0.3, 0.4) is 0 Å². The summed E-state index contributed by atoms with van der Waals surface area (Å²) in [5, 5.41) is 13.9. The van der Waals surface area contributed by atoms with Gasteiger partial charge in [-0.15, -0.1) is 0 Å². The lowest BCUT2D eigenvalue weighted by atomic mass is 10.1. The largest absolute Gasteiger partial charge is 0.422 e. The van der Waals surface area contributed by atoms with E-state index in [1.54, 1.807) is 6.92 Å². The third-order valence-corrected chi connectivity index (χ3v) is 4.05. The molecule has 0 radical (unpaired) electrons. The highest BCUT2D eigenvalue weighted by Gasteiger charge is 2.25. The Morgan fingerprint density at radius 2 is 2.21 bits per heavy atom. The second-order valence-corrected chi connectivity index (χ2v) is 5.74. The molecule has 126 valence electrons. The molecule has 1 aromatic heterocycles. The number of hydrogen-bond donors (Lipinski definition) is 1. The first-order valence-electron chi connectivity index (χ1n) is 7.60. The van der Waals surface area contributed by atoms with Crippen LogP contribution in [0.5, 0.6) is 0 Å². The molecule has 8 heteroatoms. The highest BCUT2D eigenvalue weighted by Crippen LogP contribution is 2.21. The molecule has 1 aliphatic rings. The number of non-ortho nitro benzene ring substituents is 1. The maximum absolute atomic E-state index is 12.3. The third-order valence-electron chi connectivity index (χ3n) is 4.05. The van der Waals surface area contributed by atoms with Crippen molar-refractivity contribution in [2.24, 2.45) is 0 Å². The second kappa shape index (κ2) is 6.40. The molecule has 0 bridgehead atoms. The van der Waals surface area contributed by atoms with Crippen molar-refractivity contribution < 1.29 is 18.9 Å². The fraction of sp³-hybridized carbons (Fsp3) is 0.375. The summed E-state index contributed by atoms with van der Waals surface area (Å²) in [6.45, 7) is 2.47. The normalized spacial score (nSPS) is 18.5. The standard InChI is InChI=1S/C16H16N2O6/c1-9(13-3-2-6-23-13)17-15(19)12-8-10-7-11(18(21)22)4-5-14(10)24-16(12)20/h4-5,7-9,13H,2-3,6H2,1H3,(H,17,19)/t9-,13-/m1/s1. The first kappa shape index (κ1) is 16.1. The predicted octanol–water partition coefficient (Wildman–Crippen LogP) is 2.00. The Morgan fingerprint density at radius 1 is 1.42 bits per heavy atom. The molecule has 2 aromatic rings. The molecule has 1 N–H and O–H groups in total. The molecule has 1 amide bonds. The quantitative estimate of drug-likeness (QED) is 0.520. The average molecular weight is 332 g/mol. The molecule has 0 aliphatic carbocycles. The lowest BCUT2D eigenvalue weighted by molar-refractivity contribution is -0.384. The van der Waals surface area contributed by atoms with Gasteiger partial charge in [0.25, 0.3) is 11.6 Å². The Labute approximate surface area is 136 Å². The summed E-state index contributed by atoms with van der Waals surface area (Å²) in [6, 6.07) is 4.90. The van der Waals surface area contributed by atoms with Gasteiger partial charge >= 0.3 is 5.63 Å². The summed E-state index contributed by atoms with van der Waals surface area (Å²) in [7, 11) is 0. The molecule has 0 saturated carbocycles. The Balaban J connectivity index is 1.89. The molecule has 1 saturated heterocycles. The van der Waals surface area contributed by atoms with Crippen molar-refractivity contribution in [3.63, 3.8) is 0 Å². The average Bonchev–Trinajstić information content (AvgIpc) is 3.08. The Bertz CT molecular complexity index is 853. The Morgan fingerprint density at radius 3 is 2.88 bits per heavy atom. The van der Waals surface area contributed by atoms with Gasteiger partial charge in [-0.25, -0.2) is 4.79 Å². The first-order chi connectivity index (χ1) is 11.5. The van der Waals surface area contributed by atoms with Crippen LogP contribution in [0.25, 0.3) is 11.0 Å². The van der Waals surface area contributed by atoms with Crippen molar-refractivity contribution in [2.75, 3.05) is 6.61 Å². The number of fused-ring (bicyclic) bond motifs is 1. The van der Waals surface area contributed by atoms with Gasteiger partial charge in [-0.1, -0.05) is 0 Å². The van der Waals surface area contributed by atoms with E-state index in [0.717, 1.165) is 12.8 Å². The van der Waals surface area contributed by atoms with E-state index in [-0.39, 0.29) is 29.0 Å². The molecular formula is C16H16N2O6.